The van der Waals surface area contributed by atoms with Gasteiger partial charge in [0, 0.05) is 55.6 Å². The van der Waals surface area contributed by atoms with Crippen molar-refractivity contribution in [3.05, 3.63) is 102 Å². The summed E-state index contributed by atoms with van der Waals surface area (Å²) in [6, 6.07) is 22.4. The Morgan fingerprint density at radius 3 is 2.23 bits per heavy atom. The van der Waals surface area contributed by atoms with Crippen LogP contribution in [0.4, 0.5) is 5.69 Å². The predicted octanol–water partition coefficient (Wildman–Crippen LogP) is 3.78. The first-order chi connectivity index (χ1) is 18.8. The van der Waals surface area contributed by atoms with Gasteiger partial charge in [-0.15, -0.1) is 0 Å². The average molecular weight is 545 g/mol. The van der Waals surface area contributed by atoms with Crippen molar-refractivity contribution in [3.63, 3.8) is 0 Å². The van der Waals surface area contributed by atoms with Crippen molar-refractivity contribution >= 4 is 38.5 Å². The van der Waals surface area contributed by atoms with Crippen LogP contribution >= 0.6 is 0 Å². The Bertz CT molecular complexity index is 1590. The van der Waals surface area contributed by atoms with Crippen LogP contribution in [0.15, 0.2) is 90.0 Å². The van der Waals surface area contributed by atoms with Crippen molar-refractivity contribution in [2.24, 2.45) is 0 Å². The lowest BCUT2D eigenvalue weighted by Gasteiger charge is -2.34. The number of fused-ring (bicyclic) bond motifs is 1. The summed E-state index contributed by atoms with van der Waals surface area (Å²) in [6.07, 6.45) is 1.56. The molecule has 0 saturated carbocycles. The van der Waals surface area contributed by atoms with Crippen molar-refractivity contribution < 1.29 is 22.7 Å². The molecule has 1 fully saturated rings. The molecule has 0 atom stereocenters. The van der Waals surface area contributed by atoms with Crippen LogP contribution in [0.25, 0.3) is 10.9 Å². The summed E-state index contributed by atoms with van der Waals surface area (Å²) in [5, 5.41) is 0.734. The molecule has 1 amide bonds. The quantitative estimate of drug-likeness (QED) is 0.353. The Labute approximate surface area is 227 Å². The maximum Gasteiger partial charge on any atom is 0.337 e. The molecule has 1 N–H and O–H groups in total. The Morgan fingerprint density at radius 1 is 0.872 bits per heavy atom. The second-order valence-electron chi connectivity index (χ2n) is 9.27. The maximum atomic E-state index is 13.1. The Balaban J connectivity index is 1.18. The number of carbonyl (C=O) groups excluding carboxylic acids is 2. The van der Waals surface area contributed by atoms with E-state index in [1.165, 1.54) is 13.2 Å². The second-order valence-corrected chi connectivity index (χ2v) is 10.9. The van der Waals surface area contributed by atoms with E-state index < -0.39 is 10.0 Å². The van der Waals surface area contributed by atoms with Gasteiger partial charge in [-0.1, -0.05) is 30.3 Å². The monoisotopic (exact) mass is 544 g/mol. The molecule has 1 aliphatic rings. The highest BCUT2D eigenvalue weighted by atomic mass is 32.2. The summed E-state index contributed by atoms with van der Waals surface area (Å²) in [5.74, 6) is -0.453. The van der Waals surface area contributed by atoms with Gasteiger partial charge in [0.25, 0.3) is 15.9 Å². The summed E-state index contributed by atoms with van der Waals surface area (Å²) < 4.78 is 33.4. The van der Waals surface area contributed by atoms with Crippen molar-refractivity contribution in [1.29, 1.82) is 0 Å². The van der Waals surface area contributed by atoms with Crippen LogP contribution in [0.2, 0.25) is 0 Å². The third kappa shape index (κ3) is 5.92. The highest BCUT2D eigenvalue weighted by Crippen LogP contribution is 2.24. The zero-order valence-electron chi connectivity index (χ0n) is 21.4. The number of anilines is 1. The lowest BCUT2D eigenvalue weighted by atomic mass is 10.1. The van der Waals surface area contributed by atoms with Gasteiger partial charge in [-0.2, -0.15) is 0 Å². The van der Waals surface area contributed by atoms with Crippen LogP contribution < -0.4 is 4.72 Å². The number of hydrogen-bond acceptors (Lipinski definition) is 7. The van der Waals surface area contributed by atoms with E-state index >= 15 is 0 Å². The number of aromatic nitrogens is 1. The highest BCUT2D eigenvalue weighted by molar-refractivity contribution is 7.93. The van der Waals surface area contributed by atoms with E-state index in [9.17, 15) is 18.0 Å². The molecule has 0 spiro atoms. The van der Waals surface area contributed by atoms with Crippen LogP contribution in [0.5, 0.6) is 0 Å². The van der Waals surface area contributed by atoms with Gasteiger partial charge in [-0.25, -0.2) is 13.2 Å². The number of carbonyl (C=O) groups is 2. The molecular weight excluding hydrogens is 516 g/mol. The zero-order valence-corrected chi connectivity index (χ0v) is 22.2. The lowest BCUT2D eigenvalue weighted by molar-refractivity contribution is 0.0599. The minimum absolute atomic E-state index is 0.0928. The molecule has 0 bridgehead atoms. The normalized spacial score (nSPS) is 14.2. The predicted molar refractivity (Wildman–Crippen MR) is 148 cm³/mol. The van der Waals surface area contributed by atoms with E-state index in [0.717, 1.165) is 30.6 Å². The van der Waals surface area contributed by atoms with E-state index in [0.29, 0.717) is 35.4 Å². The zero-order chi connectivity index (χ0) is 27.4. The molecular formula is C29H28N4O5S. The van der Waals surface area contributed by atoms with Gasteiger partial charge in [0.15, 0.2) is 0 Å². The number of esters is 1. The van der Waals surface area contributed by atoms with Gasteiger partial charge in [0.2, 0.25) is 0 Å². The number of piperazine rings is 1. The first kappa shape index (κ1) is 26.3. The van der Waals surface area contributed by atoms with Gasteiger partial charge in [-0.05, 0) is 54.1 Å². The first-order valence-corrected chi connectivity index (χ1v) is 14.0. The van der Waals surface area contributed by atoms with Gasteiger partial charge < -0.3 is 9.64 Å². The number of amides is 1. The number of ether oxygens (including phenoxy) is 1. The average Bonchev–Trinajstić information content (AvgIpc) is 2.97. The van der Waals surface area contributed by atoms with E-state index in [4.69, 9.17) is 4.74 Å². The number of nitrogens with one attached hydrogen (secondary N) is 1. The van der Waals surface area contributed by atoms with E-state index in [1.54, 1.807) is 59.6 Å². The van der Waals surface area contributed by atoms with E-state index in [2.05, 4.69) is 14.6 Å². The minimum Gasteiger partial charge on any atom is -0.465 e. The number of nitrogens with zero attached hydrogens (tertiary/aromatic N) is 3. The molecule has 0 radical (unpaired) electrons. The van der Waals surface area contributed by atoms with Gasteiger partial charge in [0.05, 0.1) is 18.2 Å². The fraction of sp³-hybridized carbons (Fsp3) is 0.207. The molecule has 39 heavy (non-hydrogen) atoms. The second kappa shape index (κ2) is 11.2. The van der Waals surface area contributed by atoms with E-state index in [1.807, 2.05) is 24.3 Å². The molecule has 9 nitrogen and oxygen atoms in total. The lowest BCUT2D eigenvalue weighted by Crippen LogP contribution is -2.48. The molecule has 4 aromatic rings. The maximum absolute atomic E-state index is 13.1. The molecule has 1 aromatic heterocycles. The molecule has 3 aromatic carbocycles. The third-order valence-corrected chi connectivity index (χ3v) is 8.12. The Hall–Kier alpha value is -4.28. The van der Waals surface area contributed by atoms with Crippen LogP contribution in [0, 0.1) is 0 Å². The van der Waals surface area contributed by atoms with Crippen LogP contribution in [0.3, 0.4) is 0 Å². The Morgan fingerprint density at radius 2 is 1.54 bits per heavy atom. The largest absolute Gasteiger partial charge is 0.465 e. The molecule has 1 aliphatic heterocycles. The SMILES string of the molecule is COC(=O)c1ccc(CN2CCN(C(=O)c3ccc(NS(=O)(=O)c4cccc5cccnc45)cc3)CC2)cc1. The molecule has 2 heterocycles. The standard InChI is InChI=1S/C29H28N4O5S/c1-38-29(35)24-9-7-21(8-10-24)20-32-16-18-33(19-17-32)28(34)23-11-13-25(14-12-23)31-39(36,37)26-6-2-4-22-5-3-15-30-27(22)26/h2-15,31H,16-20H2,1H3. The third-order valence-electron chi connectivity index (χ3n) is 6.71. The van der Waals surface area contributed by atoms with Gasteiger partial charge >= 0.3 is 5.97 Å². The summed E-state index contributed by atoms with van der Waals surface area (Å²) in [4.78, 5) is 33.1. The van der Waals surface area contributed by atoms with Gasteiger partial charge in [0.1, 0.15) is 4.90 Å². The number of rotatable bonds is 7. The van der Waals surface area contributed by atoms with Gasteiger partial charge in [-0.3, -0.25) is 19.4 Å². The molecule has 200 valence electrons. The van der Waals surface area contributed by atoms with Crippen molar-refractivity contribution in [2.45, 2.75) is 11.4 Å². The summed E-state index contributed by atoms with van der Waals surface area (Å²) in [5.41, 5.74) is 2.86. The topological polar surface area (TPSA) is 109 Å². The fourth-order valence-corrected chi connectivity index (χ4v) is 5.84. The van der Waals surface area contributed by atoms with Crippen molar-refractivity contribution in [3.8, 4) is 0 Å². The smallest absolute Gasteiger partial charge is 0.337 e. The molecule has 0 aliphatic carbocycles. The van der Waals surface area contributed by atoms with Crippen molar-refractivity contribution in [2.75, 3.05) is 38.0 Å². The fourth-order valence-electron chi connectivity index (χ4n) is 4.60. The summed E-state index contributed by atoms with van der Waals surface area (Å²) in [7, 11) is -2.51. The molecule has 5 rings (SSSR count). The highest BCUT2D eigenvalue weighted by Gasteiger charge is 2.23. The minimum atomic E-state index is -3.87. The first-order valence-electron chi connectivity index (χ1n) is 12.5. The Kier molecular flexibility index (Phi) is 7.58. The van der Waals surface area contributed by atoms with Crippen LogP contribution in [0.1, 0.15) is 26.3 Å². The molecule has 1 saturated heterocycles. The number of sulfonamides is 1. The summed E-state index contributed by atoms with van der Waals surface area (Å²) in [6.45, 7) is 3.34. The number of pyridine rings is 1. The molecule has 10 heteroatoms. The number of benzene rings is 3. The summed E-state index contributed by atoms with van der Waals surface area (Å²) >= 11 is 0. The number of hydrogen-bond donors (Lipinski definition) is 1. The molecule has 0 unspecified atom stereocenters. The number of methoxy groups -OCH3 is 1. The van der Waals surface area contributed by atoms with Crippen LogP contribution in [-0.2, 0) is 21.3 Å². The number of para-hydroxylation sites is 1. The van der Waals surface area contributed by atoms with Crippen molar-refractivity contribution in [1.82, 2.24) is 14.8 Å². The van der Waals surface area contributed by atoms with Crippen LogP contribution in [-0.4, -0.2) is 68.4 Å². The van der Waals surface area contributed by atoms with E-state index in [-0.39, 0.29) is 16.8 Å².